The van der Waals surface area contributed by atoms with Crippen LogP contribution in [0.3, 0.4) is 0 Å². The van der Waals surface area contributed by atoms with Crippen molar-refractivity contribution in [3.8, 4) is 0 Å². The van der Waals surface area contributed by atoms with Crippen LogP contribution in [0, 0.1) is 0 Å². The zero-order chi connectivity index (χ0) is 20.4. The molecule has 7 heteroatoms. The highest BCUT2D eigenvalue weighted by atomic mass is 32.2. The lowest BCUT2D eigenvalue weighted by molar-refractivity contribution is 0.0137. The van der Waals surface area contributed by atoms with E-state index in [0.29, 0.717) is 11.3 Å². The fourth-order valence-corrected chi connectivity index (χ4v) is 4.64. The van der Waals surface area contributed by atoms with Gasteiger partial charge in [0.05, 0.1) is 11.4 Å². The Morgan fingerprint density at radius 2 is 1.97 bits per heavy atom. The van der Waals surface area contributed by atoms with Gasteiger partial charge in [-0.25, -0.2) is 13.8 Å². The van der Waals surface area contributed by atoms with Crippen LogP contribution in [0.5, 0.6) is 0 Å². The van der Waals surface area contributed by atoms with Gasteiger partial charge in [0.1, 0.15) is 0 Å². The number of halogens is 2. The Bertz CT molecular complexity index is 1070. The summed E-state index contributed by atoms with van der Waals surface area (Å²) in [5, 5.41) is 6.62. The molecule has 0 aliphatic carbocycles. The number of hydrogen-bond acceptors (Lipinski definition) is 4. The van der Waals surface area contributed by atoms with Crippen molar-refractivity contribution in [2.24, 2.45) is 4.99 Å². The van der Waals surface area contributed by atoms with Crippen LogP contribution in [0.15, 0.2) is 74.1 Å². The molecule has 0 saturated heterocycles. The van der Waals surface area contributed by atoms with Crippen molar-refractivity contribution in [3.63, 3.8) is 0 Å². The van der Waals surface area contributed by atoms with Crippen LogP contribution in [-0.4, -0.2) is 24.1 Å². The average molecular weight is 429 g/mol. The molecular formula is C22H18F2N2OS2. The molecule has 3 nitrogen and oxygen atoms in total. The Hall–Kier alpha value is -2.51. The van der Waals surface area contributed by atoms with E-state index in [2.05, 4.69) is 11.4 Å². The molecule has 0 fully saturated rings. The van der Waals surface area contributed by atoms with E-state index in [4.69, 9.17) is 4.99 Å². The number of amides is 1. The van der Waals surface area contributed by atoms with Crippen molar-refractivity contribution in [1.29, 1.82) is 0 Å². The first-order valence-corrected chi connectivity index (χ1v) is 10.9. The minimum Gasteiger partial charge on any atom is -0.352 e. The Balaban J connectivity index is 1.68. The standard InChI is InChI=1S/C22H18F2N2OS2/c1-22(23,24)9-10-25-21(27)14-6-7-19-17(12-14)26-20(15-8-11-28-13-15)16-4-2-3-5-18(16)29-19/h2-8,11-13H,9-10H2,1H3,(H,25,27). The minimum atomic E-state index is -2.80. The maximum absolute atomic E-state index is 13.0. The highest BCUT2D eigenvalue weighted by molar-refractivity contribution is 7.99. The van der Waals surface area contributed by atoms with Crippen molar-refractivity contribution in [2.75, 3.05) is 6.54 Å². The number of thiophene rings is 1. The van der Waals surface area contributed by atoms with Crippen LogP contribution in [0.4, 0.5) is 14.5 Å². The predicted octanol–water partition coefficient (Wildman–Crippen LogP) is 6.16. The molecule has 4 rings (SSSR count). The zero-order valence-electron chi connectivity index (χ0n) is 15.6. The molecule has 0 saturated carbocycles. The predicted molar refractivity (Wildman–Crippen MR) is 114 cm³/mol. The maximum atomic E-state index is 13.0. The molecule has 2 aromatic carbocycles. The summed E-state index contributed by atoms with van der Waals surface area (Å²) in [5.41, 5.74) is 4.03. The lowest BCUT2D eigenvalue weighted by atomic mass is 10.0. The third-order valence-corrected chi connectivity index (χ3v) is 6.28. The van der Waals surface area contributed by atoms with Gasteiger partial charge < -0.3 is 5.32 Å². The molecule has 0 atom stereocenters. The van der Waals surface area contributed by atoms with Crippen molar-refractivity contribution in [1.82, 2.24) is 5.32 Å². The molecule has 0 unspecified atom stereocenters. The Kier molecular flexibility index (Phi) is 5.52. The summed E-state index contributed by atoms with van der Waals surface area (Å²) in [7, 11) is 0. The molecule has 0 radical (unpaired) electrons. The van der Waals surface area contributed by atoms with E-state index < -0.39 is 12.3 Å². The minimum absolute atomic E-state index is 0.0803. The fourth-order valence-electron chi connectivity index (χ4n) is 3.00. The summed E-state index contributed by atoms with van der Waals surface area (Å²) < 4.78 is 26.0. The third-order valence-electron chi connectivity index (χ3n) is 4.46. The van der Waals surface area contributed by atoms with E-state index in [1.165, 1.54) is 0 Å². The van der Waals surface area contributed by atoms with E-state index in [9.17, 15) is 13.6 Å². The van der Waals surface area contributed by atoms with Crippen LogP contribution in [-0.2, 0) is 0 Å². The van der Waals surface area contributed by atoms with Crippen molar-refractivity contribution in [2.45, 2.75) is 29.1 Å². The number of benzene rings is 2. The SMILES string of the molecule is CC(F)(F)CCNC(=O)c1ccc2c(c1)N=C(c1ccsc1)c1ccccc1S2. The molecule has 1 N–H and O–H groups in total. The highest BCUT2D eigenvalue weighted by Crippen LogP contribution is 2.41. The number of nitrogens with one attached hydrogen (secondary N) is 1. The summed E-state index contributed by atoms with van der Waals surface area (Å²) in [5.74, 6) is -3.18. The zero-order valence-corrected chi connectivity index (χ0v) is 17.2. The van der Waals surface area contributed by atoms with E-state index in [1.54, 1.807) is 35.2 Å². The van der Waals surface area contributed by atoms with Crippen LogP contribution >= 0.6 is 23.1 Å². The number of fused-ring (bicyclic) bond motifs is 2. The molecule has 0 bridgehead atoms. The Labute approximate surface area is 175 Å². The molecule has 1 amide bonds. The lowest BCUT2D eigenvalue weighted by Gasteiger charge is -2.11. The second kappa shape index (κ2) is 8.08. The molecule has 2 heterocycles. The van der Waals surface area contributed by atoms with Gasteiger partial charge in [0.25, 0.3) is 5.91 Å². The molecule has 1 aliphatic rings. The Morgan fingerprint density at radius 3 is 2.72 bits per heavy atom. The summed E-state index contributed by atoms with van der Waals surface area (Å²) >= 11 is 3.21. The van der Waals surface area contributed by atoms with Gasteiger partial charge in [0.15, 0.2) is 0 Å². The fraction of sp³-hybridized carbons (Fsp3) is 0.182. The van der Waals surface area contributed by atoms with Gasteiger partial charge in [0.2, 0.25) is 5.92 Å². The first-order chi connectivity index (χ1) is 13.9. The van der Waals surface area contributed by atoms with Crippen LogP contribution in [0.25, 0.3) is 0 Å². The van der Waals surface area contributed by atoms with Crippen molar-refractivity contribution >= 4 is 40.4 Å². The third kappa shape index (κ3) is 4.57. The van der Waals surface area contributed by atoms with Gasteiger partial charge in [0, 0.05) is 44.8 Å². The van der Waals surface area contributed by atoms with Crippen LogP contribution in [0.1, 0.15) is 34.8 Å². The maximum Gasteiger partial charge on any atom is 0.251 e. The van der Waals surface area contributed by atoms with Crippen LogP contribution in [0.2, 0.25) is 0 Å². The number of hydrogen-bond donors (Lipinski definition) is 1. The van der Waals surface area contributed by atoms with E-state index >= 15 is 0 Å². The van der Waals surface area contributed by atoms with Gasteiger partial charge in [-0.2, -0.15) is 11.3 Å². The first-order valence-electron chi connectivity index (χ1n) is 9.09. The van der Waals surface area contributed by atoms with E-state index in [0.717, 1.165) is 33.6 Å². The van der Waals surface area contributed by atoms with Gasteiger partial charge in [-0.1, -0.05) is 30.0 Å². The van der Waals surface area contributed by atoms with Gasteiger partial charge in [-0.05, 0) is 42.6 Å². The lowest BCUT2D eigenvalue weighted by Crippen LogP contribution is -2.28. The molecule has 0 spiro atoms. The smallest absolute Gasteiger partial charge is 0.251 e. The summed E-state index contributed by atoms with van der Waals surface area (Å²) in [6, 6.07) is 15.4. The molecule has 148 valence electrons. The summed E-state index contributed by atoms with van der Waals surface area (Å²) in [4.78, 5) is 19.3. The number of alkyl halides is 2. The van der Waals surface area contributed by atoms with E-state index in [-0.39, 0.29) is 12.5 Å². The first kappa shape index (κ1) is 19.8. The van der Waals surface area contributed by atoms with Gasteiger partial charge in [-0.15, -0.1) is 0 Å². The van der Waals surface area contributed by atoms with Crippen LogP contribution < -0.4 is 5.32 Å². The number of rotatable bonds is 5. The molecule has 1 aromatic heterocycles. The van der Waals surface area contributed by atoms with Gasteiger partial charge >= 0.3 is 0 Å². The summed E-state index contributed by atoms with van der Waals surface area (Å²) in [6.07, 6.45) is -0.394. The van der Waals surface area contributed by atoms with Crippen molar-refractivity contribution < 1.29 is 13.6 Å². The molecule has 29 heavy (non-hydrogen) atoms. The highest BCUT2D eigenvalue weighted by Gasteiger charge is 2.22. The molecule has 3 aromatic rings. The number of nitrogens with zero attached hydrogens (tertiary/aromatic N) is 1. The second-order valence-corrected chi connectivity index (χ2v) is 8.69. The molecule has 1 aliphatic heterocycles. The number of aliphatic imine (C=N–C) groups is 1. The topological polar surface area (TPSA) is 41.5 Å². The number of carbonyl (C=O) groups is 1. The van der Waals surface area contributed by atoms with Crippen molar-refractivity contribution in [3.05, 3.63) is 76.0 Å². The second-order valence-electron chi connectivity index (χ2n) is 6.83. The average Bonchev–Trinajstić information content (AvgIpc) is 3.15. The largest absolute Gasteiger partial charge is 0.352 e. The molecular weight excluding hydrogens is 410 g/mol. The Morgan fingerprint density at radius 1 is 1.14 bits per heavy atom. The van der Waals surface area contributed by atoms with Gasteiger partial charge in [-0.3, -0.25) is 4.79 Å². The monoisotopic (exact) mass is 428 g/mol. The quantitative estimate of drug-likeness (QED) is 0.414. The summed E-state index contributed by atoms with van der Waals surface area (Å²) in [6.45, 7) is 0.764. The van der Waals surface area contributed by atoms with E-state index in [1.807, 2.05) is 41.1 Å². The normalized spacial score (nSPS) is 13.1. The number of carbonyl (C=O) groups excluding carboxylic acids is 1.